The van der Waals surface area contributed by atoms with Crippen LogP contribution in [0.2, 0.25) is 0 Å². The van der Waals surface area contributed by atoms with Crippen LogP contribution in [0.25, 0.3) is 10.6 Å². The number of hydrogen-bond acceptors (Lipinski definition) is 5. The lowest BCUT2D eigenvalue weighted by atomic mass is 10.2. The van der Waals surface area contributed by atoms with Crippen LogP contribution in [-0.2, 0) is 9.05 Å². The van der Waals surface area contributed by atoms with Crippen LogP contribution in [0.1, 0.15) is 0 Å². The zero-order valence-corrected chi connectivity index (χ0v) is 9.68. The van der Waals surface area contributed by atoms with Gasteiger partial charge in [0.15, 0.2) is 0 Å². The third-order valence-electron chi connectivity index (χ3n) is 1.72. The molecule has 7 heteroatoms. The second kappa shape index (κ2) is 3.88. The van der Waals surface area contributed by atoms with Crippen molar-refractivity contribution in [3.63, 3.8) is 0 Å². The van der Waals surface area contributed by atoms with E-state index >= 15 is 0 Å². The molecule has 0 bridgehead atoms. The molecule has 0 aliphatic heterocycles. The second-order valence-electron chi connectivity index (χ2n) is 2.71. The lowest BCUT2D eigenvalue weighted by molar-refractivity contribution is 0.609. The predicted molar refractivity (Wildman–Crippen MR) is 58.4 cm³/mol. The number of benzene rings is 1. The van der Waals surface area contributed by atoms with Crippen molar-refractivity contribution >= 4 is 31.1 Å². The van der Waals surface area contributed by atoms with Gasteiger partial charge in [-0.2, -0.15) is 0 Å². The third-order valence-corrected chi connectivity index (χ3v) is 3.81. The van der Waals surface area contributed by atoms with E-state index in [0.717, 1.165) is 0 Å². The van der Waals surface area contributed by atoms with Crippen molar-refractivity contribution in [3.05, 3.63) is 29.8 Å². The SMILES string of the molecule is O=S(=O)(Cl)c1cccc(-c2nncs2)c1. The van der Waals surface area contributed by atoms with Gasteiger partial charge in [-0.05, 0) is 12.1 Å². The smallest absolute Gasteiger partial charge is 0.207 e. The van der Waals surface area contributed by atoms with E-state index in [9.17, 15) is 8.42 Å². The van der Waals surface area contributed by atoms with Crippen molar-refractivity contribution in [2.45, 2.75) is 4.90 Å². The molecule has 2 aromatic rings. The molecule has 1 heterocycles. The summed E-state index contributed by atoms with van der Waals surface area (Å²) in [4.78, 5) is 0.0665. The van der Waals surface area contributed by atoms with Gasteiger partial charge in [0.05, 0.1) is 4.90 Å². The molecule has 1 aromatic heterocycles. The molecule has 0 saturated carbocycles. The highest BCUT2D eigenvalue weighted by molar-refractivity contribution is 8.13. The Hall–Kier alpha value is -0.980. The van der Waals surface area contributed by atoms with Crippen LogP contribution in [0.5, 0.6) is 0 Å². The van der Waals surface area contributed by atoms with Gasteiger partial charge in [-0.1, -0.05) is 23.5 Å². The Labute approximate surface area is 95.0 Å². The van der Waals surface area contributed by atoms with E-state index in [1.807, 2.05) is 0 Å². The van der Waals surface area contributed by atoms with Crippen LogP contribution in [0, 0.1) is 0 Å². The summed E-state index contributed by atoms with van der Waals surface area (Å²) < 4.78 is 22.2. The van der Waals surface area contributed by atoms with E-state index in [-0.39, 0.29) is 4.90 Å². The standard InChI is InChI=1S/C8H5ClN2O2S2/c9-15(12,13)7-3-1-2-6(4-7)8-11-10-5-14-8/h1-5H. The molecule has 0 unspecified atom stereocenters. The summed E-state index contributed by atoms with van der Waals surface area (Å²) >= 11 is 1.34. The molecular weight excluding hydrogens is 256 g/mol. The quantitative estimate of drug-likeness (QED) is 0.776. The fourth-order valence-corrected chi connectivity index (χ4v) is 2.43. The third kappa shape index (κ3) is 2.34. The summed E-state index contributed by atoms with van der Waals surface area (Å²) in [5, 5.41) is 8.18. The van der Waals surface area contributed by atoms with Crippen molar-refractivity contribution in [3.8, 4) is 10.6 Å². The van der Waals surface area contributed by atoms with E-state index in [1.54, 1.807) is 17.6 Å². The Bertz CT molecular complexity index is 566. The zero-order chi connectivity index (χ0) is 10.9. The highest BCUT2D eigenvalue weighted by atomic mass is 35.7. The largest absolute Gasteiger partial charge is 0.261 e. The Morgan fingerprint density at radius 1 is 1.33 bits per heavy atom. The zero-order valence-electron chi connectivity index (χ0n) is 7.29. The van der Waals surface area contributed by atoms with Crippen LogP contribution in [0.4, 0.5) is 0 Å². The molecule has 0 N–H and O–H groups in total. The van der Waals surface area contributed by atoms with Gasteiger partial charge in [0, 0.05) is 16.2 Å². The van der Waals surface area contributed by atoms with Crippen LogP contribution in [0.15, 0.2) is 34.7 Å². The summed E-state index contributed by atoms with van der Waals surface area (Å²) in [6.45, 7) is 0. The van der Waals surface area contributed by atoms with Gasteiger partial charge in [0.2, 0.25) is 0 Å². The molecule has 0 fully saturated rings. The minimum Gasteiger partial charge on any atom is -0.207 e. The predicted octanol–water partition coefficient (Wildman–Crippen LogP) is 2.13. The fourth-order valence-electron chi connectivity index (χ4n) is 1.08. The highest BCUT2D eigenvalue weighted by Crippen LogP contribution is 2.24. The maximum absolute atomic E-state index is 11.1. The van der Waals surface area contributed by atoms with E-state index in [0.29, 0.717) is 10.6 Å². The number of aromatic nitrogens is 2. The molecule has 0 aliphatic rings. The number of nitrogens with zero attached hydrogens (tertiary/aromatic N) is 2. The minimum absolute atomic E-state index is 0.0665. The summed E-state index contributed by atoms with van der Waals surface area (Å²) in [6.07, 6.45) is 0. The van der Waals surface area contributed by atoms with Crippen molar-refractivity contribution in [2.75, 3.05) is 0 Å². The molecule has 0 aliphatic carbocycles. The molecular formula is C8H5ClN2O2S2. The second-order valence-corrected chi connectivity index (χ2v) is 6.11. The Morgan fingerprint density at radius 3 is 2.73 bits per heavy atom. The van der Waals surface area contributed by atoms with Crippen molar-refractivity contribution < 1.29 is 8.42 Å². The van der Waals surface area contributed by atoms with Gasteiger partial charge < -0.3 is 0 Å². The molecule has 0 spiro atoms. The molecule has 0 atom stereocenters. The van der Waals surface area contributed by atoms with Crippen LogP contribution >= 0.6 is 22.0 Å². The summed E-state index contributed by atoms with van der Waals surface area (Å²) in [6, 6.07) is 6.29. The van der Waals surface area contributed by atoms with Crippen molar-refractivity contribution in [1.29, 1.82) is 0 Å². The molecule has 2 rings (SSSR count). The molecule has 0 amide bonds. The van der Waals surface area contributed by atoms with E-state index in [2.05, 4.69) is 10.2 Å². The van der Waals surface area contributed by atoms with Crippen LogP contribution < -0.4 is 0 Å². The normalized spacial score (nSPS) is 11.5. The van der Waals surface area contributed by atoms with Gasteiger partial charge in [-0.15, -0.1) is 10.2 Å². The summed E-state index contributed by atoms with van der Waals surface area (Å²) in [5.74, 6) is 0. The van der Waals surface area contributed by atoms with E-state index in [1.165, 1.54) is 23.5 Å². The maximum atomic E-state index is 11.1. The van der Waals surface area contributed by atoms with E-state index in [4.69, 9.17) is 10.7 Å². The number of halogens is 1. The lowest BCUT2D eigenvalue weighted by Gasteiger charge is -1.98. The number of rotatable bonds is 2. The van der Waals surface area contributed by atoms with Gasteiger partial charge in [0.1, 0.15) is 10.5 Å². The lowest BCUT2D eigenvalue weighted by Crippen LogP contribution is -1.90. The summed E-state index contributed by atoms with van der Waals surface area (Å²) in [5.41, 5.74) is 2.27. The first-order valence-electron chi connectivity index (χ1n) is 3.88. The van der Waals surface area contributed by atoms with Crippen molar-refractivity contribution in [1.82, 2.24) is 10.2 Å². The van der Waals surface area contributed by atoms with E-state index < -0.39 is 9.05 Å². The average molecular weight is 261 g/mol. The first kappa shape index (κ1) is 10.5. The first-order chi connectivity index (χ1) is 7.07. The first-order valence-corrected chi connectivity index (χ1v) is 7.07. The average Bonchev–Trinajstić information content (AvgIpc) is 2.69. The number of hydrogen-bond donors (Lipinski definition) is 0. The maximum Gasteiger partial charge on any atom is 0.261 e. The Kier molecular flexibility index (Phi) is 2.72. The minimum atomic E-state index is -3.69. The summed E-state index contributed by atoms with van der Waals surface area (Å²) in [7, 11) is 1.54. The fraction of sp³-hybridized carbons (Fsp3) is 0. The van der Waals surface area contributed by atoms with Crippen LogP contribution in [0.3, 0.4) is 0 Å². The molecule has 1 aromatic carbocycles. The molecule has 15 heavy (non-hydrogen) atoms. The molecule has 4 nitrogen and oxygen atoms in total. The van der Waals surface area contributed by atoms with Gasteiger partial charge in [-0.25, -0.2) is 8.42 Å². The van der Waals surface area contributed by atoms with Crippen LogP contribution in [-0.4, -0.2) is 18.6 Å². The van der Waals surface area contributed by atoms with Gasteiger partial charge in [-0.3, -0.25) is 0 Å². The molecule has 0 saturated heterocycles. The van der Waals surface area contributed by atoms with Gasteiger partial charge in [0.25, 0.3) is 9.05 Å². The Morgan fingerprint density at radius 2 is 2.13 bits per heavy atom. The Balaban J connectivity index is 2.53. The molecule has 0 radical (unpaired) electrons. The monoisotopic (exact) mass is 260 g/mol. The van der Waals surface area contributed by atoms with Crippen molar-refractivity contribution in [2.24, 2.45) is 0 Å². The molecule has 78 valence electrons. The topological polar surface area (TPSA) is 59.9 Å². The van der Waals surface area contributed by atoms with Gasteiger partial charge >= 0.3 is 0 Å². The highest BCUT2D eigenvalue weighted by Gasteiger charge is 2.11.